The maximum atomic E-state index is 13.4. The molecule has 32 heavy (non-hydrogen) atoms. The van der Waals surface area contributed by atoms with Gasteiger partial charge in [0.15, 0.2) is 0 Å². The van der Waals surface area contributed by atoms with E-state index in [0.29, 0.717) is 12.0 Å². The molecule has 170 valence electrons. The van der Waals surface area contributed by atoms with E-state index < -0.39 is 12.5 Å². The van der Waals surface area contributed by atoms with Gasteiger partial charge in [-0.15, -0.1) is 0 Å². The van der Waals surface area contributed by atoms with Crippen LogP contribution in [0.15, 0.2) is 48.5 Å². The van der Waals surface area contributed by atoms with Crippen molar-refractivity contribution in [1.82, 2.24) is 9.78 Å². The lowest BCUT2D eigenvalue weighted by Crippen LogP contribution is -2.26. The molecule has 0 fully saturated rings. The smallest absolute Gasteiger partial charge is 0.140 e. The van der Waals surface area contributed by atoms with Crippen LogP contribution in [0, 0.1) is 11.7 Å². The molecule has 0 aliphatic rings. The number of carbonyl (C=O) groups excluding carboxylic acids is 1. The van der Waals surface area contributed by atoms with Crippen LogP contribution < -0.4 is 0 Å². The molecule has 3 aromatic rings. The van der Waals surface area contributed by atoms with Crippen molar-refractivity contribution in [3.8, 4) is 28.1 Å². The third kappa shape index (κ3) is 4.90. The summed E-state index contributed by atoms with van der Waals surface area (Å²) in [5.74, 6) is -0.881. The first-order valence-corrected chi connectivity index (χ1v) is 11.0. The minimum atomic E-state index is -0.649. The van der Waals surface area contributed by atoms with Crippen LogP contribution in [0.4, 0.5) is 8.78 Å². The number of hydrogen-bond acceptors (Lipinski definition) is 3. The molecule has 0 bridgehead atoms. The molecule has 0 aliphatic carbocycles. The molecule has 0 amide bonds. The Balaban J connectivity index is 2.04. The number of carbonyl (C=O) groups is 1. The van der Waals surface area contributed by atoms with Crippen LogP contribution in [-0.4, -0.2) is 27.3 Å². The second-order valence-electron chi connectivity index (χ2n) is 8.47. The molecule has 4 nitrogen and oxygen atoms in total. The lowest BCUT2D eigenvalue weighted by atomic mass is 9.93. The van der Waals surface area contributed by atoms with Crippen molar-refractivity contribution in [2.24, 2.45) is 5.92 Å². The molecule has 1 heterocycles. The summed E-state index contributed by atoms with van der Waals surface area (Å²) >= 11 is 0. The Hall–Kier alpha value is -3.02. The van der Waals surface area contributed by atoms with Crippen LogP contribution in [0.25, 0.3) is 22.4 Å². The summed E-state index contributed by atoms with van der Waals surface area (Å²) in [6.45, 7) is 7.35. The van der Waals surface area contributed by atoms with Crippen molar-refractivity contribution in [2.45, 2.75) is 52.5 Å². The van der Waals surface area contributed by atoms with Crippen molar-refractivity contribution in [3.05, 3.63) is 60.0 Å². The van der Waals surface area contributed by atoms with Gasteiger partial charge >= 0.3 is 0 Å². The Kier molecular flexibility index (Phi) is 7.44. The lowest BCUT2D eigenvalue weighted by molar-refractivity contribution is -0.124. The summed E-state index contributed by atoms with van der Waals surface area (Å²) in [6, 6.07) is 13.4. The van der Waals surface area contributed by atoms with Gasteiger partial charge in [-0.25, -0.2) is 4.39 Å². The normalized spacial score (nSPS) is 13.3. The Morgan fingerprint density at radius 3 is 2.44 bits per heavy atom. The first-order valence-electron chi connectivity index (χ1n) is 11.0. The third-order valence-electron chi connectivity index (χ3n) is 5.94. The van der Waals surface area contributed by atoms with Gasteiger partial charge in [0.05, 0.1) is 18.4 Å². The Morgan fingerprint density at radius 2 is 1.81 bits per heavy atom. The molecule has 0 saturated heterocycles. The van der Waals surface area contributed by atoms with Crippen LogP contribution in [0.3, 0.4) is 0 Å². The van der Waals surface area contributed by atoms with Crippen molar-refractivity contribution >= 4 is 5.78 Å². The van der Waals surface area contributed by atoms with E-state index in [1.807, 2.05) is 48.9 Å². The van der Waals surface area contributed by atoms with E-state index in [1.54, 1.807) is 6.07 Å². The molecule has 3 rings (SSSR count). The molecule has 1 N–H and O–H groups in total. The van der Waals surface area contributed by atoms with Gasteiger partial charge in [0, 0.05) is 35.2 Å². The Bertz CT molecular complexity index is 1090. The van der Waals surface area contributed by atoms with Gasteiger partial charge in [-0.05, 0) is 42.2 Å². The number of halogens is 2. The molecule has 0 radical (unpaired) electrons. The number of aromatic nitrogens is 2. The van der Waals surface area contributed by atoms with Crippen LogP contribution in [0.5, 0.6) is 5.75 Å². The van der Waals surface area contributed by atoms with Gasteiger partial charge in [-0.3, -0.25) is 13.9 Å². The second-order valence-corrected chi connectivity index (χ2v) is 8.47. The highest BCUT2D eigenvalue weighted by Crippen LogP contribution is 2.35. The summed E-state index contributed by atoms with van der Waals surface area (Å²) in [5, 5.41) is 15.0. The highest BCUT2D eigenvalue weighted by molar-refractivity contribution is 5.81. The minimum absolute atomic E-state index is 0.0774. The molecular formula is C26H30F2N2O2. The van der Waals surface area contributed by atoms with Gasteiger partial charge in [0.2, 0.25) is 0 Å². The summed E-state index contributed by atoms with van der Waals surface area (Å²) in [5.41, 5.74) is 3.89. The fraction of sp³-hybridized carbons (Fsp3) is 0.385. The van der Waals surface area contributed by atoms with Crippen LogP contribution in [0.2, 0.25) is 0 Å². The number of rotatable bonds is 9. The standard InChI is InChI=1S/C26H30F2N2O2/c1-5-23(17(4)25(31)11-12-27)30-24(16(2)3)15-22(29-30)19-8-6-7-18(13-19)21-10-9-20(28)14-26(21)32/h6-10,13-17,23,32H,5,11-12H2,1-4H3. The number of nitrogens with zero attached hydrogens (tertiary/aromatic N) is 2. The molecule has 6 heteroatoms. The number of benzene rings is 2. The van der Waals surface area contributed by atoms with Crippen molar-refractivity contribution < 1.29 is 18.7 Å². The quantitative estimate of drug-likeness (QED) is 0.403. The van der Waals surface area contributed by atoms with Crippen LogP contribution in [0.1, 0.15) is 58.2 Å². The van der Waals surface area contributed by atoms with Crippen LogP contribution >= 0.6 is 0 Å². The van der Waals surface area contributed by atoms with Crippen molar-refractivity contribution in [3.63, 3.8) is 0 Å². The van der Waals surface area contributed by atoms with E-state index in [2.05, 4.69) is 13.8 Å². The number of phenols is 1. The molecule has 1 aromatic heterocycles. The number of Topliss-reactive ketones (excluding diaryl/α,β-unsaturated/α-hetero) is 1. The zero-order valence-corrected chi connectivity index (χ0v) is 19.0. The average molecular weight is 441 g/mol. The Morgan fingerprint density at radius 1 is 1.09 bits per heavy atom. The van der Waals surface area contributed by atoms with Gasteiger partial charge in [0.1, 0.15) is 17.3 Å². The number of alkyl halides is 1. The van der Waals surface area contributed by atoms with E-state index in [1.165, 1.54) is 6.07 Å². The summed E-state index contributed by atoms with van der Waals surface area (Å²) in [4.78, 5) is 12.4. The first-order chi connectivity index (χ1) is 15.3. The predicted molar refractivity (Wildman–Crippen MR) is 123 cm³/mol. The largest absolute Gasteiger partial charge is 0.507 e. The summed E-state index contributed by atoms with van der Waals surface area (Å²) in [6.07, 6.45) is 0.621. The van der Waals surface area contributed by atoms with E-state index in [9.17, 15) is 18.7 Å². The van der Waals surface area contributed by atoms with E-state index >= 15 is 0 Å². The van der Waals surface area contributed by atoms with Gasteiger partial charge in [-0.2, -0.15) is 5.10 Å². The highest BCUT2D eigenvalue weighted by atomic mass is 19.1. The highest BCUT2D eigenvalue weighted by Gasteiger charge is 2.27. The maximum absolute atomic E-state index is 13.4. The van der Waals surface area contributed by atoms with Crippen molar-refractivity contribution in [1.29, 1.82) is 0 Å². The number of phenolic OH excluding ortho intramolecular Hbond substituents is 1. The van der Waals surface area contributed by atoms with Gasteiger partial charge in [-0.1, -0.05) is 45.9 Å². The van der Waals surface area contributed by atoms with Gasteiger partial charge < -0.3 is 5.11 Å². The number of hydrogen-bond donors (Lipinski definition) is 1. The molecule has 2 unspecified atom stereocenters. The van der Waals surface area contributed by atoms with Crippen LogP contribution in [-0.2, 0) is 4.79 Å². The fourth-order valence-electron chi connectivity index (χ4n) is 4.12. The zero-order chi connectivity index (χ0) is 23.4. The molecule has 0 spiro atoms. The van der Waals surface area contributed by atoms with Gasteiger partial charge in [0.25, 0.3) is 0 Å². The monoisotopic (exact) mass is 440 g/mol. The van der Waals surface area contributed by atoms with E-state index in [0.717, 1.165) is 28.6 Å². The van der Waals surface area contributed by atoms with E-state index in [4.69, 9.17) is 5.10 Å². The molecule has 0 aliphatic heterocycles. The Labute approximate surface area is 187 Å². The SMILES string of the molecule is CCC(C(C)C(=O)CCF)n1nc(-c2cccc(-c3ccc(F)cc3O)c2)cc1C(C)C. The number of ketones is 1. The maximum Gasteiger partial charge on any atom is 0.140 e. The summed E-state index contributed by atoms with van der Waals surface area (Å²) in [7, 11) is 0. The van der Waals surface area contributed by atoms with Crippen molar-refractivity contribution in [2.75, 3.05) is 6.67 Å². The lowest BCUT2D eigenvalue weighted by Gasteiger charge is -2.25. The minimum Gasteiger partial charge on any atom is -0.507 e. The molecule has 2 aromatic carbocycles. The number of aromatic hydroxyl groups is 1. The third-order valence-corrected chi connectivity index (χ3v) is 5.94. The van der Waals surface area contributed by atoms with E-state index in [-0.39, 0.29) is 35.8 Å². The molecule has 0 saturated carbocycles. The second kappa shape index (κ2) is 10.1. The topological polar surface area (TPSA) is 55.1 Å². The first kappa shape index (κ1) is 23.6. The average Bonchev–Trinajstić information content (AvgIpc) is 3.20. The zero-order valence-electron chi connectivity index (χ0n) is 19.0. The molecular weight excluding hydrogens is 410 g/mol. The fourth-order valence-corrected chi connectivity index (χ4v) is 4.12. The summed E-state index contributed by atoms with van der Waals surface area (Å²) < 4.78 is 28.1. The predicted octanol–water partition coefficient (Wildman–Crippen LogP) is 6.70. The molecule has 2 atom stereocenters.